The van der Waals surface area contributed by atoms with Crippen molar-refractivity contribution in [3.05, 3.63) is 23.3 Å². The molecule has 1 N–H and O–H groups in total. The van der Waals surface area contributed by atoms with Gasteiger partial charge < -0.3 is 19.9 Å². The van der Waals surface area contributed by atoms with Crippen LogP contribution in [0.1, 0.15) is 36.8 Å². The molecule has 0 atom stereocenters. The minimum Gasteiger partial charge on any atom is -0.381 e. The molecule has 5 heteroatoms. The molecule has 2 fully saturated rings. The van der Waals surface area contributed by atoms with Crippen molar-refractivity contribution in [2.24, 2.45) is 5.41 Å². The van der Waals surface area contributed by atoms with Crippen LogP contribution >= 0.6 is 0 Å². The second-order valence-electron chi connectivity index (χ2n) is 7.88. The van der Waals surface area contributed by atoms with E-state index in [1.807, 2.05) is 19.0 Å². The molecule has 0 unspecified atom stereocenters. The van der Waals surface area contributed by atoms with Crippen LogP contribution < -0.4 is 10.2 Å². The van der Waals surface area contributed by atoms with Gasteiger partial charge in [-0.25, -0.2) is 4.79 Å². The SMILES string of the molecule is Cc1cc(N(C)C)cc(C)c1NC(=O)N1CCC2(CCOCC2)CC1. The van der Waals surface area contributed by atoms with Gasteiger partial charge in [0, 0.05) is 51.8 Å². The Labute approximate surface area is 151 Å². The topological polar surface area (TPSA) is 44.8 Å². The van der Waals surface area contributed by atoms with Crippen molar-refractivity contribution in [1.29, 1.82) is 0 Å². The first-order valence-corrected chi connectivity index (χ1v) is 9.32. The van der Waals surface area contributed by atoms with Crippen molar-refractivity contribution in [3.8, 4) is 0 Å². The van der Waals surface area contributed by atoms with Crippen molar-refractivity contribution in [2.45, 2.75) is 39.5 Å². The fourth-order valence-corrected chi connectivity index (χ4v) is 4.07. The normalized spacial score (nSPS) is 19.8. The lowest BCUT2D eigenvalue weighted by Gasteiger charge is -2.44. The highest BCUT2D eigenvalue weighted by atomic mass is 16.5. The van der Waals surface area contributed by atoms with Gasteiger partial charge in [-0.15, -0.1) is 0 Å². The molecule has 2 amide bonds. The molecule has 1 aromatic carbocycles. The second-order valence-corrected chi connectivity index (χ2v) is 7.88. The van der Waals surface area contributed by atoms with E-state index >= 15 is 0 Å². The van der Waals surface area contributed by atoms with Crippen LogP contribution in [0.4, 0.5) is 16.2 Å². The summed E-state index contributed by atoms with van der Waals surface area (Å²) in [6.45, 7) is 7.57. The Morgan fingerprint density at radius 2 is 1.64 bits per heavy atom. The van der Waals surface area contributed by atoms with E-state index in [2.05, 4.69) is 36.2 Å². The minimum atomic E-state index is 0.0331. The summed E-state index contributed by atoms with van der Waals surface area (Å²) in [4.78, 5) is 16.8. The summed E-state index contributed by atoms with van der Waals surface area (Å²) in [7, 11) is 4.07. The summed E-state index contributed by atoms with van der Waals surface area (Å²) in [5.74, 6) is 0. The van der Waals surface area contributed by atoms with E-state index in [9.17, 15) is 4.79 Å². The minimum absolute atomic E-state index is 0.0331. The number of hydrogen-bond donors (Lipinski definition) is 1. The van der Waals surface area contributed by atoms with Gasteiger partial charge in [-0.2, -0.15) is 0 Å². The number of anilines is 2. The smallest absolute Gasteiger partial charge is 0.321 e. The molecule has 3 rings (SSSR count). The van der Waals surface area contributed by atoms with Gasteiger partial charge in [0.2, 0.25) is 0 Å². The van der Waals surface area contributed by atoms with Gasteiger partial charge in [0.15, 0.2) is 0 Å². The fourth-order valence-electron chi connectivity index (χ4n) is 4.07. The van der Waals surface area contributed by atoms with E-state index in [1.165, 1.54) is 0 Å². The molecule has 2 aliphatic heterocycles. The lowest BCUT2D eigenvalue weighted by molar-refractivity contribution is -0.0138. The fraction of sp³-hybridized carbons (Fsp3) is 0.650. The van der Waals surface area contributed by atoms with E-state index in [4.69, 9.17) is 4.74 Å². The molecule has 25 heavy (non-hydrogen) atoms. The molecule has 2 heterocycles. The number of nitrogens with zero attached hydrogens (tertiary/aromatic N) is 2. The Balaban J connectivity index is 1.63. The molecular formula is C20H31N3O2. The number of likely N-dealkylation sites (tertiary alicyclic amines) is 1. The number of aryl methyl sites for hydroxylation is 2. The van der Waals surface area contributed by atoms with E-state index < -0.39 is 0 Å². The summed E-state index contributed by atoms with van der Waals surface area (Å²) in [5, 5.41) is 3.15. The number of nitrogens with one attached hydrogen (secondary N) is 1. The van der Waals surface area contributed by atoms with Crippen LogP contribution in [0.5, 0.6) is 0 Å². The summed E-state index contributed by atoms with van der Waals surface area (Å²) < 4.78 is 5.51. The second kappa shape index (κ2) is 7.24. The average Bonchev–Trinajstić information content (AvgIpc) is 2.59. The number of carbonyl (C=O) groups excluding carboxylic acids is 1. The molecule has 0 bridgehead atoms. The Hall–Kier alpha value is -1.75. The van der Waals surface area contributed by atoms with Gasteiger partial charge in [-0.3, -0.25) is 0 Å². The predicted octanol–water partition coefficient (Wildman–Crippen LogP) is 3.79. The molecule has 1 spiro atoms. The van der Waals surface area contributed by atoms with Crippen LogP contribution in [0, 0.1) is 19.3 Å². The maximum absolute atomic E-state index is 12.7. The number of carbonyl (C=O) groups is 1. The average molecular weight is 345 g/mol. The van der Waals surface area contributed by atoms with Gasteiger partial charge in [-0.05, 0) is 68.2 Å². The summed E-state index contributed by atoms with van der Waals surface area (Å²) in [5.41, 5.74) is 4.73. The number of ether oxygens (including phenoxy) is 1. The van der Waals surface area contributed by atoms with Crippen molar-refractivity contribution in [1.82, 2.24) is 4.90 Å². The van der Waals surface area contributed by atoms with Gasteiger partial charge in [0.05, 0.1) is 0 Å². The number of urea groups is 1. The molecule has 1 aromatic rings. The third-order valence-corrected chi connectivity index (χ3v) is 5.93. The summed E-state index contributed by atoms with van der Waals surface area (Å²) in [6, 6.07) is 4.27. The number of piperidine rings is 1. The monoisotopic (exact) mass is 345 g/mol. The molecule has 5 nitrogen and oxygen atoms in total. The van der Waals surface area contributed by atoms with Gasteiger partial charge in [0.1, 0.15) is 0 Å². The Bertz CT molecular complexity index is 603. The standard InChI is InChI=1S/C20H31N3O2/c1-15-13-17(22(3)4)14-16(2)18(15)21-19(24)23-9-5-20(6-10-23)7-11-25-12-8-20/h13-14H,5-12H2,1-4H3,(H,21,24). The summed E-state index contributed by atoms with van der Waals surface area (Å²) in [6.07, 6.45) is 4.49. The zero-order valence-corrected chi connectivity index (χ0v) is 16.0. The maximum Gasteiger partial charge on any atom is 0.321 e. The zero-order valence-electron chi connectivity index (χ0n) is 16.0. The van der Waals surface area contributed by atoms with Crippen LogP contribution in [-0.2, 0) is 4.74 Å². The van der Waals surface area contributed by atoms with E-state index in [1.54, 1.807) is 0 Å². The first-order valence-electron chi connectivity index (χ1n) is 9.32. The van der Waals surface area contributed by atoms with Gasteiger partial charge in [-0.1, -0.05) is 0 Å². The zero-order chi connectivity index (χ0) is 18.0. The molecule has 2 saturated heterocycles. The maximum atomic E-state index is 12.7. The third-order valence-electron chi connectivity index (χ3n) is 5.93. The molecule has 0 radical (unpaired) electrons. The van der Waals surface area contributed by atoms with Crippen molar-refractivity contribution < 1.29 is 9.53 Å². The highest BCUT2D eigenvalue weighted by molar-refractivity contribution is 5.91. The summed E-state index contributed by atoms with van der Waals surface area (Å²) >= 11 is 0. The van der Waals surface area contributed by atoms with E-state index in [-0.39, 0.29) is 6.03 Å². The molecule has 0 aliphatic carbocycles. The first-order chi connectivity index (χ1) is 11.9. The first kappa shape index (κ1) is 18.1. The molecule has 2 aliphatic rings. The molecular weight excluding hydrogens is 314 g/mol. The largest absolute Gasteiger partial charge is 0.381 e. The Morgan fingerprint density at radius 1 is 1.08 bits per heavy atom. The van der Waals surface area contributed by atoms with Crippen molar-refractivity contribution in [3.63, 3.8) is 0 Å². The lowest BCUT2D eigenvalue weighted by Crippen LogP contribution is -2.46. The number of benzene rings is 1. The third kappa shape index (κ3) is 3.92. The lowest BCUT2D eigenvalue weighted by atomic mass is 9.72. The van der Waals surface area contributed by atoms with Crippen LogP contribution in [0.3, 0.4) is 0 Å². The van der Waals surface area contributed by atoms with Crippen LogP contribution in [0.25, 0.3) is 0 Å². The predicted molar refractivity (Wildman–Crippen MR) is 103 cm³/mol. The van der Waals surface area contributed by atoms with E-state index in [0.29, 0.717) is 5.41 Å². The quantitative estimate of drug-likeness (QED) is 0.887. The highest BCUT2D eigenvalue weighted by Gasteiger charge is 2.37. The molecule has 0 saturated carbocycles. The van der Waals surface area contributed by atoms with Crippen LogP contribution in [0.15, 0.2) is 12.1 Å². The van der Waals surface area contributed by atoms with E-state index in [0.717, 1.165) is 74.5 Å². The van der Waals surface area contributed by atoms with Gasteiger partial charge in [0.25, 0.3) is 0 Å². The van der Waals surface area contributed by atoms with Crippen molar-refractivity contribution in [2.75, 3.05) is 50.6 Å². The number of hydrogen-bond acceptors (Lipinski definition) is 3. The van der Waals surface area contributed by atoms with Crippen LogP contribution in [-0.4, -0.2) is 51.3 Å². The molecule has 138 valence electrons. The highest BCUT2D eigenvalue weighted by Crippen LogP contribution is 2.40. The van der Waals surface area contributed by atoms with Crippen LogP contribution in [0.2, 0.25) is 0 Å². The molecule has 0 aromatic heterocycles. The Kier molecular flexibility index (Phi) is 5.23. The Morgan fingerprint density at radius 3 is 2.16 bits per heavy atom. The number of rotatable bonds is 2. The van der Waals surface area contributed by atoms with Crippen molar-refractivity contribution >= 4 is 17.4 Å². The number of amides is 2. The van der Waals surface area contributed by atoms with Gasteiger partial charge >= 0.3 is 6.03 Å².